The topological polar surface area (TPSA) is 31.6 Å². The molecule has 120 valence electrons. The summed E-state index contributed by atoms with van der Waals surface area (Å²) in [5, 5.41) is 3.36. The third-order valence-corrected chi connectivity index (χ3v) is 4.49. The standard InChI is InChI=1S/C17H31N3O/c1-5-18-11-15-10-17(21-14(15)3)13-19(4)12-16-8-7-9-20(16)6-2/h10,16,18H,5-9,11-13H2,1-4H3. The molecule has 1 N–H and O–H groups in total. The fourth-order valence-corrected chi connectivity index (χ4v) is 3.31. The molecule has 1 fully saturated rings. The predicted molar refractivity (Wildman–Crippen MR) is 87.4 cm³/mol. The van der Waals surface area contributed by atoms with Gasteiger partial charge in [0.15, 0.2) is 0 Å². The first-order chi connectivity index (χ1) is 10.1. The van der Waals surface area contributed by atoms with Gasteiger partial charge in [-0.1, -0.05) is 13.8 Å². The van der Waals surface area contributed by atoms with E-state index >= 15 is 0 Å². The second-order valence-electron chi connectivity index (χ2n) is 6.20. The summed E-state index contributed by atoms with van der Waals surface area (Å²) in [4.78, 5) is 4.99. The van der Waals surface area contributed by atoms with Gasteiger partial charge in [0.25, 0.3) is 0 Å². The SMILES string of the molecule is CCNCc1cc(CN(C)CC2CCCN2CC)oc1C. The van der Waals surface area contributed by atoms with Gasteiger partial charge < -0.3 is 9.73 Å². The highest BCUT2D eigenvalue weighted by molar-refractivity contribution is 5.20. The van der Waals surface area contributed by atoms with Crippen molar-refractivity contribution in [3.8, 4) is 0 Å². The van der Waals surface area contributed by atoms with Gasteiger partial charge in [0, 0.05) is 24.7 Å². The van der Waals surface area contributed by atoms with Crippen LogP contribution in [-0.4, -0.2) is 49.1 Å². The van der Waals surface area contributed by atoms with E-state index in [1.807, 2.05) is 0 Å². The molecule has 4 nitrogen and oxygen atoms in total. The Labute approximate surface area is 129 Å². The Morgan fingerprint density at radius 2 is 2.24 bits per heavy atom. The Hall–Kier alpha value is -0.840. The number of hydrogen-bond donors (Lipinski definition) is 1. The molecule has 0 aliphatic carbocycles. The van der Waals surface area contributed by atoms with Crippen molar-refractivity contribution in [3.05, 3.63) is 23.2 Å². The number of rotatable bonds is 8. The van der Waals surface area contributed by atoms with Crippen molar-refractivity contribution in [1.29, 1.82) is 0 Å². The molecule has 0 aromatic carbocycles. The minimum atomic E-state index is 0.720. The molecule has 0 radical (unpaired) electrons. The smallest absolute Gasteiger partial charge is 0.118 e. The molecule has 1 aromatic rings. The van der Waals surface area contributed by atoms with Gasteiger partial charge in [-0.15, -0.1) is 0 Å². The maximum Gasteiger partial charge on any atom is 0.118 e. The number of likely N-dealkylation sites (tertiary alicyclic amines) is 1. The average Bonchev–Trinajstić information content (AvgIpc) is 3.03. The highest BCUT2D eigenvalue weighted by Crippen LogP contribution is 2.19. The number of likely N-dealkylation sites (N-methyl/N-ethyl adjacent to an activating group) is 2. The third kappa shape index (κ3) is 4.56. The van der Waals surface area contributed by atoms with Crippen molar-refractivity contribution in [3.63, 3.8) is 0 Å². The van der Waals surface area contributed by atoms with Crippen molar-refractivity contribution in [2.75, 3.05) is 33.2 Å². The van der Waals surface area contributed by atoms with E-state index in [0.29, 0.717) is 0 Å². The summed E-state index contributed by atoms with van der Waals surface area (Å²) >= 11 is 0. The van der Waals surface area contributed by atoms with E-state index in [0.717, 1.165) is 43.7 Å². The molecular formula is C17H31N3O. The summed E-state index contributed by atoms with van der Waals surface area (Å²) in [5.41, 5.74) is 1.29. The minimum Gasteiger partial charge on any atom is -0.465 e. The van der Waals surface area contributed by atoms with Crippen LogP contribution in [0.2, 0.25) is 0 Å². The molecule has 2 heterocycles. The average molecular weight is 293 g/mol. The number of aryl methyl sites for hydroxylation is 1. The summed E-state index contributed by atoms with van der Waals surface area (Å²) in [6.45, 7) is 12.8. The number of furan rings is 1. The summed E-state index contributed by atoms with van der Waals surface area (Å²) in [6, 6.07) is 2.93. The van der Waals surface area contributed by atoms with Gasteiger partial charge in [-0.3, -0.25) is 9.80 Å². The first kappa shape index (κ1) is 16.5. The Morgan fingerprint density at radius 3 is 2.95 bits per heavy atom. The van der Waals surface area contributed by atoms with Crippen LogP contribution in [0.4, 0.5) is 0 Å². The van der Waals surface area contributed by atoms with Crippen LogP contribution in [0.15, 0.2) is 10.5 Å². The van der Waals surface area contributed by atoms with Crippen molar-refractivity contribution in [2.45, 2.75) is 52.7 Å². The van der Waals surface area contributed by atoms with Gasteiger partial charge in [-0.2, -0.15) is 0 Å². The van der Waals surface area contributed by atoms with Crippen LogP contribution in [0, 0.1) is 6.92 Å². The molecule has 1 aromatic heterocycles. The highest BCUT2D eigenvalue weighted by atomic mass is 16.3. The number of hydrogen-bond acceptors (Lipinski definition) is 4. The normalized spacial score (nSPS) is 19.8. The first-order valence-corrected chi connectivity index (χ1v) is 8.35. The molecule has 4 heteroatoms. The van der Waals surface area contributed by atoms with E-state index in [4.69, 9.17) is 4.42 Å². The van der Waals surface area contributed by atoms with E-state index in [-0.39, 0.29) is 0 Å². The zero-order valence-corrected chi connectivity index (χ0v) is 14.1. The van der Waals surface area contributed by atoms with E-state index in [1.165, 1.54) is 31.5 Å². The van der Waals surface area contributed by atoms with Gasteiger partial charge in [0.2, 0.25) is 0 Å². The lowest BCUT2D eigenvalue weighted by molar-refractivity contribution is 0.187. The molecule has 1 saturated heterocycles. The Morgan fingerprint density at radius 1 is 1.43 bits per heavy atom. The maximum atomic E-state index is 5.90. The quantitative estimate of drug-likeness (QED) is 0.798. The second kappa shape index (κ2) is 7.97. The van der Waals surface area contributed by atoms with Crippen molar-refractivity contribution in [1.82, 2.24) is 15.1 Å². The summed E-state index contributed by atoms with van der Waals surface area (Å²) < 4.78 is 5.90. The summed E-state index contributed by atoms with van der Waals surface area (Å²) in [5.74, 6) is 2.14. The molecule has 0 amide bonds. The Balaban J connectivity index is 1.86. The van der Waals surface area contributed by atoms with Gasteiger partial charge >= 0.3 is 0 Å². The summed E-state index contributed by atoms with van der Waals surface area (Å²) in [6.07, 6.45) is 2.68. The molecule has 1 unspecified atom stereocenters. The molecule has 1 aliphatic rings. The van der Waals surface area contributed by atoms with Crippen LogP contribution >= 0.6 is 0 Å². The monoisotopic (exact) mass is 293 g/mol. The molecule has 21 heavy (non-hydrogen) atoms. The van der Waals surface area contributed by atoms with E-state index in [2.05, 4.69) is 49.0 Å². The van der Waals surface area contributed by atoms with Crippen LogP contribution < -0.4 is 5.32 Å². The Bertz CT molecular complexity index is 430. The van der Waals surface area contributed by atoms with Crippen LogP contribution in [0.25, 0.3) is 0 Å². The molecule has 1 atom stereocenters. The van der Waals surface area contributed by atoms with Gasteiger partial charge in [-0.25, -0.2) is 0 Å². The largest absolute Gasteiger partial charge is 0.465 e. The lowest BCUT2D eigenvalue weighted by Crippen LogP contribution is -2.38. The van der Waals surface area contributed by atoms with Crippen LogP contribution in [0.1, 0.15) is 43.8 Å². The molecule has 0 bridgehead atoms. The molecule has 2 rings (SSSR count). The van der Waals surface area contributed by atoms with E-state index < -0.39 is 0 Å². The van der Waals surface area contributed by atoms with Gasteiger partial charge in [-0.05, 0) is 52.5 Å². The van der Waals surface area contributed by atoms with E-state index in [9.17, 15) is 0 Å². The van der Waals surface area contributed by atoms with Crippen molar-refractivity contribution < 1.29 is 4.42 Å². The zero-order chi connectivity index (χ0) is 15.2. The van der Waals surface area contributed by atoms with E-state index in [1.54, 1.807) is 0 Å². The van der Waals surface area contributed by atoms with Crippen LogP contribution in [0.5, 0.6) is 0 Å². The van der Waals surface area contributed by atoms with Crippen molar-refractivity contribution in [2.24, 2.45) is 0 Å². The fourth-order valence-electron chi connectivity index (χ4n) is 3.31. The second-order valence-corrected chi connectivity index (χ2v) is 6.20. The maximum absolute atomic E-state index is 5.90. The van der Waals surface area contributed by atoms with Crippen molar-refractivity contribution >= 4 is 0 Å². The van der Waals surface area contributed by atoms with Gasteiger partial charge in [0.1, 0.15) is 11.5 Å². The number of nitrogens with zero attached hydrogens (tertiary/aromatic N) is 2. The predicted octanol–water partition coefficient (Wildman–Crippen LogP) is 2.61. The molecule has 0 spiro atoms. The fraction of sp³-hybridized carbons (Fsp3) is 0.765. The lowest BCUT2D eigenvalue weighted by Gasteiger charge is -2.27. The first-order valence-electron chi connectivity index (χ1n) is 8.35. The summed E-state index contributed by atoms with van der Waals surface area (Å²) in [7, 11) is 2.20. The molecule has 1 aliphatic heterocycles. The van der Waals surface area contributed by atoms with Crippen LogP contribution in [0.3, 0.4) is 0 Å². The third-order valence-electron chi connectivity index (χ3n) is 4.49. The Kier molecular flexibility index (Phi) is 6.27. The molecular weight excluding hydrogens is 262 g/mol. The highest BCUT2D eigenvalue weighted by Gasteiger charge is 2.24. The minimum absolute atomic E-state index is 0.720. The van der Waals surface area contributed by atoms with Crippen LogP contribution in [-0.2, 0) is 13.1 Å². The number of nitrogens with one attached hydrogen (secondary N) is 1. The van der Waals surface area contributed by atoms with Gasteiger partial charge in [0.05, 0.1) is 6.54 Å². The lowest BCUT2D eigenvalue weighted by atomic mass is 10.2. The zero-order valence-electron chi connectivity index (χ0n) is 14.1. The molecule has 0 saturated carbocycles.